The highest BCUT2D eigenvalue weighted by atomic mass is 15.0. The van der Waals surface area contributed by atoms with Crippen LogP contribution in [0.4, 0.5) is 0 Å². The van der Waals surface area contributed by atoms with Crippen LogP contribution in [0.3, 0.4) is 0 Å². The van der Waals surface area contributed by atoms with Crippen LogP contribution in [0.1, 0.15) is 38.7 Å². The molecule has 0 fully saturated rings. The third kappa shape index (κ3) is 4.47. The summed E-state index contributed by atoms with van der Waals surface area (Å²) in [7, 11) is 0. The molecule has 2 rings (SSSR count). The molecule has 0 amide bonds. The Morgan fingerprint density at radius 3 is 2.76 bits per heavy atom. The first kappa shape index (κ1) is 15.8. The lowest BCUT2D eigenvalue weighted by Crippen LogP contribution is -2.15. The van der Waals surface area contributed by atoms with E-state index in [1.807, 2.05) is 0 Å². The summed E-state index contributed by atoms with van der Waals surface area (Å²) >= 11 is 0. The number of hydrogen-bond acceptors (Lipinski definition) is 1. The summed E-state index contributed by atoms with van der Waals surface area (Å²) in [6.07, 6.45) is 7.20. The molecule has 0 radical (unpaired) electrons. The van der Waals surface area contributed by atoms with E-state index >= 15 is 0 Å². The smallest absolute Gasteiger partial charge is 0.0486 e. The van der Waals surface area contributed by atoms with E-state index in [9.17, 15) is 0 Å². The lowest BCUT2D eigenvalue weighted by atomic mass is 10.1. The lowest BCUT2D eigenvalue weighted by molar-refractivity contribution is 0.617. The van der Waals surface area contributed by atoms with E-state index in [2.05, 4.69) is 60.8 Å². The van der Waals surface area contributed by atoms with Crippen molar-refractivity contribution >= 4 is 10.9 Å². The molecule has 0 atom stereocenters. The molecular weight excluding hydrogens is 256 g/mol. The van der Waals surface area contributed by atoms with Crippen LogP contribution in [0.25, 0.3) is 10.9 Å². The third-order valence-corrected chi connectivity index (χ3v) is 3.79. The van der Waals surface area contributed by atoms with Crippen molar-refractivity contribution in [2.75, 3.05) is 13.1 Å². The van der Waals surface area contributed by atoms with Gasteiger partial charge in [0.05, 0.1) is 0 Å². The fourth-order valence-corrected chi connectivity index (χ4v) is 2.81. The predicted molar refractivity (Wildman–Crippen MR) is 92.9 cm³/mol. The van der Waals surface area contributed by atoms with E-state index in [0.717, 1.165) is 26.1 Å². The first-order valence-electron chi connectivity index (χ1n) is 8.14. The van der Waals surface area contributed by atoms with Gasteiger partial charge in [0.15, 0.2) is 0 Å². The Morgan fingerprint density at radius 2 is 2.00 bits per heavy atom. The van der Waals surface area contributed by atoms with E-state index < -0.39 is 0 Å². The molecular formula is C19H28N2. The second kappa shape index (κ2) is 8.04. The van der Waals surface area contributed by atoms with Crippen LogP contribution in [0.15, 0.2) is 42.6 Å². The first-order chi connectivity index (χ1) is 10.2. The van der Waals surface area contributed by atoms with Gasteiger partial charge in [-0.1, -0.05) is 37.3 Å². The van der Waals surface area contributed by atoms with Crippen LogP contribution < -0.4 is 5.32 Å². The zero-order valence-electron chi connectivity index (χ0n) is 13.5. The normalized spacial score (nSPS) is 11.1. The van der Waals surface area contributed by atoms with Crippen LogP contribution in [0.5, 0.6) is 0 Å². The van der Waals surface area contributed by atoms with Crippen LogP contribution in [-0.4, -0.2) is 17.7 Å². The summed E-state index contributed by atoms with van der Waals surface area (Å²) in [5.74, 6) is 0. The van der Waals surface area contributed by atoms with Crippen LogP contribution in [-0.2, 0) is 13.0 Å². The maximum Gasteiger partial charge on any atom is 0.0486 e. The molecule has 0 saturated heterocycles. The second-order valence-corrected chi connectivity index (χ2v) is 5.96. The van der Waals surface area contributed by atoms with Gasteiger partial charge in [0.25, 0.3) is 0 Å². The summed E-state index contributed by atoms with van der Waals surface area (Å²) in [5.41, 5.74) is 4.01. The van der Waals surface area contributed by atoms with Gasteiger partial charge in [-0.15, -0.1) is 0 Å². The average Bonchev–Trinajstić information content (AvgIpc) is 2.81. The molecule has 114 valence electrons. The van der Waals surface area contributed by atoms with Crippen molar-refractivity contribution in [3.63, 3.8) is 0 Å². The molecule has 1 aromatic carbocycles. The molecule has 0 unspecified atom stereocenters. The van der Waals surface area contributed by atoms with Gasteiger partial charge < -0.3 is 9.88 Å². The van der Waals surface area contributed by atoms with Gasteiger partial charge in [-0.3, -0.25) is 0 Å². The molecule has 0 spiro atoms. The highest BCUT2D eigenvalue weighted by molar-refractivity contribution is 5.84. The van der Waals surface area contributed by atoms with E-state index in [-0.39, 0.29) is 0 Å². The van der Waals surface area contributed by atoms with Crippen molar-refractivity contribution in [3.8, 4) is 0 Å². The van der Waals surface area contributed by atoms with Gasteiger partial charge in [-0.2, -0.15) is 0 Å². The molecule has 0 saturated carbocycles. The maximum absolute atomic E-state index is 4.04. The van der Waals surface area contributed by atoms with Gasteiger partial charge in [0.2, 0.25) is 0 Å². The molecule has 1 N–H and O–H groups in total. The highest BCUT2D eigenvalue weighted by Crippen LogP contribution is 2.23. The number of hydrogen-bond donors (Lipinski definition) is 1. The Bertz CT molecular complexity index is 580. The quantitative estimate of drug-likeness (QED) is 0.528. The zero-order chi connectivity index (χ0) is 15.1. The van der Waals surface area contributed by atoms with E-state index in [1.165, 1.54) is 41.3 Å². The number of unbranched alkanes of at least 4 members (excludes halogenated alkanes) is 1. The summed E-state index contributed by atoms with van der Waals surface area (Å²) in [4.78, 5) is 0. The number of fused-ring (bicyclic) bond motifs is 1. The molecule has 2 aromatic rings. The Hall–Kier alpha value is -1.54. The minimum absolute atomic E-state index is 0.915. The van der Waals surface area contributed by atoms with E-state index in [4.69, 9.17) is 0 Å². The predicted octanol–water partition coefficient (Wildman–Crippen LogP) is 4.54. The Morgan fingerprint density at radius 1 is 1.19 bits per heavy atom. The maximum atomic E-state index is 4.04. The third-order valence-electron chi connectivity index (χ3n) is 3.79. The molecule has 0 aliphatic rings. The van der Waals surface area contributed by atoms with Gasteiger partial charge in [0.1, 0.15) is 0 Å². The summed E-state index contributed by atoms with van der Waals surface area (Å²) in [6.45, 7) is 11.5. The fraction of sp³-hybridized carbons (Fsp3) is 0.474. The summed E-state index contributed by atoms with van der Waals surface area (Å²) < 4.78 is 2.34. The standard InChI is InChI=1S/C19H28N2/c1-4-12-20-13-8-7-9-17-15-21(14-16(2)3)19-11-6-5-10-18(17)19/h5-6,10-11,15,20H,2,4,7-9,12-14H2,1,3H3. The van der Waals surface area contributed by atoms with Crippen LogP contribution in [0.2, 0.25) is 0 Å². The van der Waals surface area contributed by atoms with E-state index in [0.29, 0.717) is 0 Å². The molecule has 0 aliphatic carbocycles. The lowest BCUT2D eigenvalue weighted by Gasteiger charge is -2.03. The van der Waals surface area contributed by atoms with Crippen molar-refractivity contribution in [2.45, 2.75) is 46.1 Å². The van der Waals surface area contributed by atoms with Crippen molar-refractivity contribution in [1.29, 1.82) is 0 Å². The van der Waals surface area contributed by atoms with Crippen LogP contribution in [0, 0.1) is 0 Å². The highest BCUT2D eigenvalue weighted by Gasteiger charge is 2.07. The van der Waals surface area contributed by atoms with Crippen molar-refractivity contribution in [3.05, 3.63) is 48.2 Å². The molecule has 1 aromatic heterocycles. The molecule has 2 nitrogen and oxygen atoms in total. The molecule has 2 heteroatoms. The first-order valence-corrected chi connectivity index (χ1v) is 8.14. The number of aryl methyl sites for hydroxylation is 1. The molecule has 1 heterocycles. The number of nitrogens with one attached hydrogen (secondary N) is 1. The van der Waals surface area contributed by atoms with Gasteiger partial charge in [0, 0.05) is 23.6 Å². The van der Waals surface area contributed by atoms with Crippen molar-refractivity contribution in [2.24, 2.45) is 0 Å². The number of nitrogens with zero attached hydrogens (tertiary/aromatic N) is 1. The zero-order valence-corrected chi connectivity index (χ0v) is 13.5. The Balaban J connectivity index is 2.00. The summed E-state index contributed by atoms with van der Waals surface area (Å²) in [5, 5.41) is 4.88. The van der Waals surface area contributed by atoms with E-state index in [1.54, 1.807) is 0 Å². The number of rotatable bonds is 9. The Labute approximate surface area is 128 Å². The molecule has 0 bridgehead atoms. The average molecular weight is 284 g/mol. The van der Waals surface area contributed by atoms with Crippen molar-refractivity contribution < 1.29 is 0 Å². The molecule has 21 heavy (non-hydrogen) atoms. The number of aromatic nitrogens is 1. The number of benzene rings is 1. The van der Waals surface area contributed by atoms with Crippen molar-refractivity contribution in [1.82, 2.24) is 9.88 Å². The van der Waals surface area contributed by atoms with Crippen LogP contribution >= 0.6 is 0 Å². The van der Waals surface area contributed by atoms with Gasteiger partial charge in [-0.05, 0) is 57.3 Å². The number of para-hydroxylation sites is 1. The minimum atomic E-state index is 0.915. The molecule has 0 aliphatic heterocycles. The fourth-order valence-electron chi connectivity index (χ4n) is 2.81. The largest absolute Gasteiger partial charge is 0.343 e. The Kier molecular flexibility index (Phi) is 6.06. The minimum Gasteiger partial charge on any atom is -0.343 e. The SMILES string of the molecule is C=C(C)Cn1cc(CCCCNCCC)c2ccccc21. The van der Waals surface area contributed by atoms with Gasteiger partial charge >= 0.3 is 0 Å². The topological polar surface area (TPSA) is 17.0 Å². The second-order valence-electron chi connectivity index (χ2n) is 5.96. The number of allylic oxidation sites excluding steroid dienone is 1. The monoisotopic (exact) mass is 284 g/mol. The van der Waals surface area contributed by atoms with Gasteiger partial charge in [-0.25, -0.2) is 0 Å². The summed E-state index contributed by atoms with van der Waals surface area (Å²) in [6, 6.07) is 8.72.